The molecule has 0 amide bonds. The van der Waals surface area contributed by atoms with E-state index in [2.05, 4.69) is 0 Å². The van der Waals surface area contributed by atoms with E-state index < -0.39 is 0 Å². The molecule has 0 spiro atoms. The van der Waals surface area contributed by atoms with Crippen molar-refractivity contribution in [1.82, 2.24) is 0 Å². The summed E-state index contributed by atoms with van der Waals surface area (Å²) in [7, 11) is 0. The summed E-state index contributed by atoms with van der Waals surface area (Å²) in [6.45, 7) is 0. The average molecular weight is 303 g/mol. The van der Waals surface area contributed by atoms with Gasteiger partial charge in [0.15, 0.2) is 0 Å². The van der Waals surface area contributed by atoms with Gasteiger partial charge in [-0.05, 0) is 61.2 Å². The first-order valence-electron chi connectivity index (χ1n) is 10.9. The molecule has 5 saturated carbocycles. The van der Waals surface area contributed by atoms with Crippen molar-refractivity contribution in [3.63, 3.8) is 0 Å². The maximum absolute atomic E-state index is 1.61. The zero-order chi connectivity index (χ0) is 14.8. The number of fused-ring (bicyclic) bond motifs is 9. The Labute approximate surface area is 138 Å². The fraction of sp³-hybridized carbons (Fsp3) is 1.00. The molecule has 4 bridgehead atoms. The lowest BCUT2D eigenvalue weighted by Gasteiger charge is -2.49. The van der Waals surface area contributed by atoms with Gasteiger partial charge >= 0.3 is 0 Å². The Morgan fingerprint density at radius 1 is 0.455 bits per heavy atom. The zero-order valence-electron chi connectivity index (χ0n) is 14.8. The molecular weight excluding hydrogens is 264 g/mol. The van der Waals surface area contributed by atoms with Crippen molar-refractivity contribution in [3.8, 4) is 0 Å². The van der Waals surface area contributed by atoms with Gasteiger partial charge in [0, 0.05) is 0 Å². The minimum Gasteiger partial charge on any atom is -0.0528 e. The molecule has 22 heavy (non-hydrogen) atoms. The Hall–Kier alpha value is 0. The van der Waals surface area contributed by atoms with Crippen LogP contribution in [0.3, 0.4) is 0 Å². The second-order valence-corrected chi connectivity index (χ2v) is 9.58. The lowest BCUT2D eigenvalue weighted by Crippen LogP contribution is -2.38. The van der Waals surface area contributed by atoms with Crippen LogP contribution in [-0.2, 0) is 0 Å². The van der Waals surface area contributed by atoms with Gasteiger partial charge in [-0.2, -0.15) is 0 Å². The third kappa shape index (κ3) is 3.13. The summed E-state index contributed by atoms with van der Waals surface area (Å²) in [4.78, 5) is 0. The predicted octanol–water partition coefficient (Wildman–Crippen LogP) is 7.12. The molecule has 0 nitrogen and oxygen atoms in total. The molecule has 0 radical (unpaired) electrons. The van der Waals surface area contributed by atoms with E-state index in [1.54, 1.807) is 109 Å². The Balaban J connectivity index is 1.58. The predicted molar refractivity (Wildman–Crippen MR) is 94.9 cm³/mol. The van der Waals surface area contributed by atoms with Gasteiger partial charge in [0.2, 0.25) is 0 Å². The van der Waals surface area contributed by atoms with Gasteiger partial charge in [0.1, 0.15) is 0 Å². The van der Waals surface area contributed by atoms with Crippen LogP contribution in [0.5, 0.6) is 0 Å². The van der Waals surface area contributed by atoms with E-state index in [-0.39, 0.29) is 0 Å². The summed E-state index contributed by atoms with van der Waals surface area (Å²) in [5, 5.41) is 0. The van der Waals surface area contributed by atoms with Gasteiger partial charge in [0.05, 0.1) is 0 Å². The second-order valence-electron chi connectivity index (χ2n) is 9.58. The van der Waals surface area contributed by atoms with Crippen LogP contribution in [0.1, 0.15) is 109 Å². The highest BCUT2D eigenvalue weighted by molar-refractivity contribution is 4.94. The summed E-state index contributed by atoms with van der Waals surface area (Å²) in [5.41, 5.74) is 0.785. The van der Waals surface area contributed by atoms with Gasteiger partial charge in [-0.1, -0.05) is 77.0 Å². The highest BCUT2D eigenvalue weighted by Gasteiger charge is 2.44. The Morgan fingerprint density at radius 2 is 1.00 bits per heavy atom. The summed E-state index contributed by atoms with van der Waals surface area (Å²) in [6.07, 6.45) is 26.9. The van der Waals surface area contributed by atoms with Crippen molar-refractivity contribution in [2.24, 2.45) is 29.1 Å². The molecule has 0 aromatic heterocycles. The lowest BCUT2D eigenvalue weighted by atomic mass is 9.56. The SMILES string of the molecule is C1CC2CCCC(C34CCCC(CCC3)CCC4)C(C1)CC2. The van der Waals surface area contributed by atoms with E-state index in [1.165, 1.54) is 0 Å². The standard InChI is InChI=1S/C22H38/c1-6-19-7-2-12-21(20(11-1)14-13-19)22-15-3-8-18(9-4-16-22)10-5-17-22/h18-21H,1-17H2. The van der Waals surface area contributed by atoms with Gasteiger partial charge in [-0.3, -0.25) is 0 Å². The van der Waals surface area contributed by atoms with E-state index in [9.17, 15) is 0 Å². The van der Waals surface area contributed by atoms with Crippen molar-refractivity contribution in [2.75, 3.05) is 0 Å². The summed E-state index contributed by atoms with van der Waals surface area (Å²) < 4.78 is 0. The Kier molecular flexibility index (Phi) is 4.84. The number of hydrogen-bond donors (Lipinski definition) is 0. The fourth-order valence-electron chi connectivity index (χ4n) is 7.36. The molecule has 126 valence electrons. The topological polar surface area (TPSA) is 0 Å². The molecule has 0 aromatic rings. The lowest BCUT2D eigenvalue weighted by molar-refractivity contribution is 0.0165. The van der Waals surface area contributed by atoms with Crippen molar-refractivity contribution >= 4 is 0 Å². The summed E-state index contributed by atoms with van der Waals surface area (Å²) in [5.74, 6) is 4.44. The molecule has 0 aliphatic heterocycles. The molecule has 0 heteroatoms. The van der Waals surface area contributed by atoms with Crippen LogP contribution in [0, 0.1) is 29.1 Å². The number of rotatable bonds is 1. The Bertz CT molecular complexity index is 331. The van der Waals surface area contributed by atoms with Gasteiger partial charge in [-0.15, -0.1) is 0 Å². The van der Waals surface area contributed by atoms with Gasteiger partial charge in [0.25, 0.3) is 0 Å². The maximum atomic E-state index is 1.61. The van der Waals surface area contributed by atoms with Gasteiger partial charge < -0.3 is 0 Å². The second kappa shape index (κ2) is 6.86. The van der Waals surface area contributed by atoms with Crippen molar-refractivity contribution in [3.05, 3.63) is 0 Å². The molecular formula is C22H38. The zero-order valence-corrected chi connectivity index (χ0v) is 14.8. The third-order valence-corrected chi connectivity index (χ3v) is 8.48. The molecule has 0 heterocycles. The first kappa shape index (κ1) is 15.5. The maximum Gasteiger partial charge on any atom is -0.0267 e. The summed E-state index contributed by atoms with van der Waals surface area (Å²) >= 11 is 0. The highest BCUT2D eigenvalue weighted by atomic mass is 14.5. The molecule has 5 aliphatic carbocycles. The van der Waals surface area contributed by atoms with E-state index in [1.807, 2.05) is 0 Å². The van der Waals surface area contributed by atoms with Crippen LogP contribution in [0.2, 0.25) is 0 Å². The van der Waals surface area contributed by atoms with Gasteiger partial charge in [-0.25, -0.2) is 0 Å². The highest BCUT2D eigenvalue weighted by Crippen LogP contribution is 2.55. The fourth-order valence-corrected chi connectivity index (χ4v) is 7.36. The first-order valence-corrected chi connectivity index (χ1v) is 10.9. The molecule has 5 fully saturated rings. The monoisotopic (exact) mass is 302 g/mol. The van der Waals surface area contributed by atoms with Crippen molar-refractivity contribution in [2.45, 2.75) is 109 Å². The summed E-state index contributed by atoms with van der Waals surface area (Å²) in [6, 6.07) is 0. The molecule has 0 N–H and O–H groups in total. The van der Waals surface area contributed by atoms with Crippen molar-refractivity contribution < 1.29 is 0 Å². The smallest absolute Gasteiger partial charge is 0.0267 e. The minimum atomic E-state index is 0.785. The normalized spacial score (nSPS) is 46.9. The van der Waals surface area contributed by atoms with Crippen LogP contribution in [0.4, 0.5) is 0 Å². The minimum absolute atomic E-state index is 0.785. The van der Waals surface area contributed by atoms with Crippen LogP contribution < -0.4 is 0 Å². The Morgan fingerprint density at radius 3 is 1.68 bits per heavy atom. The van der Waals surface area contributed by atoms with E-state index in [0.717, 1.165) is 29.1 Å². The molecule has 0 aromatic carbocycles. The van der Waals surface area contributed by atoms with Crippen LogP contribution in [-0.4, -0.2) is 0 Å². The van der Waals surface area contributed by atoms with E-state index >= 15 is 0 Å². The molecule has 3 atom stereocenters. The molecule has 0 saturated heterocycles. The average Bonchev–Trinajstić information content (AvgIpc) is 2.60. The largest absolute Gasteiger partial charge is 0.0528 e. The van der Waals surface area contributed by atoms with E-state index in [0.29, 0.717) is 0 Å². The van der Waals surface area contributed by atoms with Crippen LogP contribution >= 0.6 is 0 Å². The molecule has 3 unspecified atom stereocenters. The van der Waals surface area contributed by atoms with E-state index in [4.69, 9.17) is 0 Å². The molecule has 5 rings (SSSR count). The molecule has 5 aliphatic rings. The van der Waals surface area contributed by atoms with Crippen LogP contribution in [0.15, 0.2) is 0 Å². The van der Waals surface area contributed by atoms with Crippen LogP contribution in [0.25, 0.3) is 0 Å². The van der Waals surface area contributed by atoms with Crippen molar-refractivity contribution in [1.29, 1.82) is 0 Å². The third-order valence-electron chi connectivity index (χ3n) is 8.48. The quantitative estimate of drug-likeness (QED) is 0.483. The number of hydrogen-bond acceptors (Lipinski definition) is 0. The first-order chi connectivity index (χ1) is 10.9.